The second-order valence-electron chi connectivity index (χ2n) is 5.36. The van der Waals surface area contributed by atoms with Crippen LogP contribution in [0.2, 0.25) is 0 Å². The van der Waals surface area contributed by atoms with Crippen molar-refractivity contribution in [2.75, 3.05) is 13.2 Å². The van der Waals surface area contributed by atoms with Crippen molar-refractivity contribution in [3.8, 4) is 5.75 Å². The molecule has 19 heavy (non-hydrogen) atoms. The fourth-order valence-corrected chi connectivity index (χ4v) is 1.53. The lowest BCUT2D eigenvalue weighted by Gasteiger charge is -2.17. The molecule has 0 atom stereocenters. The predicted molar refractivity (Wildman–Crippen MR) is 75.2 cm³/mol. The van der Waals surface area contributed by atoms with E-state index in [1.54, 1.807) is 13.8 Å². The summed E-state index contributed by atoms with van der Waals surface area (Å²) in [6.07, 6.45) is 1.06. The van der Waals surface area contributed by atoms with E-state index in [4.69, 9.17) is 4.74 Å². The van der Waals surface area contributed by atoms with Crippen LogP contribution >= 0.6 is 0 Å². The van der Waals surface area contributed by atoms with Crippen LogP contribution in [0.25, 0.3) is 0 Å². The number of amides is 1. The van der Waals surface area contributed by atoms with Gasteiger partial charge in [-0.2, -0.15) is 0 Å². The highest BCUT2D eigenvalue weighted by Crippen LogP contribution is 2.12. The molecule has 4 nitrogen and oxygen atoms in total. The van der Waals surface area contributed by atoms with Gasteiger partial charge in [0.05, 0.1) is 12.2 Å². The molecule has 1 aromatic carbocycles. The summed E-state index contributed by atoms with van der Waals surface area (Å²) in [5, 5.41) is 12.2. The Morgan fingerprint density at radius 3 is 2.79 bits per heavy atom. The Kier molecular flexibility index (Phi) is 5.83. The Hall–Kier alpha value is -1.55. The van der Waals surface area contributed by atoms with E-state index in [-0.39, 0.29) is 12.5 Å². The number of aryl methyl sites for hydroxylation is 1. The van der Waals surface area contributed by atoms with Gasteiger partial charge in [-0.15, -0.1) is 0 Å². The van der Waals surface area contributed by atoms with Crippen molar-refractivity contribution in [3.63, 3.8) is 0 Å². The van der Waals surface area contributed by atoms with Crippen LogP contribution in [0.5, 0.6) is 5.75 Å². The van der Waals surface area contributed by atoms with E-state index >= 15 is 0 Å². The second kappa shape index (κ2) is 7.14. The van der Waals surface area contributed by atoms with E-state index in [0.29, 0.717) is 19.4 Å². The highest BCUT2D eigenvalue weighted by Gasteiger charge is 2.13. The highest BCUT2D eigenvalue weighted by molar-refractivity contribution is 5.75. The lowest BCUT2D eigenvalue weighted by Crippen LogP contribution is -2.38. The van der Waals surface area contributed by atoms with E-state index in [9.17, 15) is 9.90 Å². The first kappa shape index (κ1) is 15.5. The van der Waals surface area contributed by atoms with Crippen LogP contribution in [0.1, 0.15) is 32.3 Å². The van der Waals surface area contributed by atoms with Gasteiger partial charge in [0.25, 0.3) is 0 Å². The lowest BCUT2D eigenvalue weighted by molar-refractivity contribution is -0.122. The molecule has 0 heterocycles. The monoisotopic (exact) mass is 265 g/mol. The first-order valence-electron chi connectivity index (χ1n) is 6.55. The average Bonchev–Trinajstić information content (AvgIpc) is 2.31. The SMILES string of the molecule is Cc1cccc(OCCCC(=O)NCC(C)(C)O)c1. The number of aliphatic hydroxyl groups is 1. The van der Waals surface area contributed by atoms with Crippen LogP contribution in [0.15, 0.2) is 24.3 Å². The van der Waals surface area contributed by atoms with Crippen LogP contribution in [-0.2, 0) is 4.79 Å². The minimum atomic E-state index is -0.867. The Balaban J connectivity index is 2.15. The van der Waals surface area contributed by atoms with Gasteiger partial charge < -0.3 is 15.2 Å². The van der Waals surface area contributed by atoms with Gasteiger partial charge in [0.1, 0.15) is 5.75 Å². The Bertz CT molecular complexity index is 410. The third kappa shape index (κ3) is 7.47. The second-order valence-corrected chi connectivity index (χ2v) is 5.36. The zero-order valence-corrected chi connectivity index (χ0v) is 11.9. The molecule has 1 rings (SSSR count). The molecule has 0 saturated heterocycles. The number of ether oxygens (including phenoxy) is 1. The van der Waals surface area contributed by atoms with Crippen molar-refractivity contribution in [2.45, 2.75) is 39.2 Å². The fourth-order valence-electron chi connectivity index (χ4n) is 1.53. The summed E-state index contributed by atoms with van der Waals surface area (Å²) in [7, 11) is 0. The summed E-state index contributed by atoms with van der Waals surface area (Å²) < 4.78 is 5.55. The van der Waals surface area contributed by atoms with Crippen molar-refractivity contribution < 1.29 is 14.6 Å². The van der Waals surface area contributed by atoms with E-state index < -0.39 is 5.60 Å². The van der Waals surface area contributed by atoms with E-state index in [2.05, 4.69) is 5.32 Å². The number of rotatable bonds is 7. The third-order valence-corrected chi connectivity index (χ3v) is 2.52. The first-order valence-corrected chi connectivity index (χ1v) is 6.55. The van der Waals surface area contributed by atoms with Gasteiger partial charge in [0.15, 0.2) is 0 Å². The molecule has 0 aliphatic carbocycles. The highest BCUT2D eigenvalue weighted by atomic mass is 16.5. The number of carbonyl (C=O) groups is 1. The largest absolute Gasteiger partial charge is 0.494 e. The van der Waals surface area contributed by atoms with Crippen LogP contribution in [0, 0.1) is 6.92 Å². The molecule has 106 valence electrons. The van der Waals surface area contributed by atoms with Gasteiger partial charge in [-0.25, -0.2) is 0 Å². The summed E-state index contributed by atoms with van der Waals surface area (Å²) >= 11 is 0. The summed E-state index contributed by atoms with van der Waals surface area (Å²) in [5.74, 6) is 0.770. The van der Waals surface area contributed by atoms with Gasteiger partial charge >= 0.3 is 0 Å². The van der Waals surface area contributed by atoms with Gasteiger partial charge in [0, 0.05) is 13.0 Å². The Morgan fingerprint density at radius 1 is 1.42 bits per heavy atom. The number of nitrogens with one attached hydrogen (secondary N) is 1. The van der Waals surface area contributed by atoms with E-state index in [0.717, 1.165) is 11.3 Å². The summed E-state index contributed by atoms with van der Waals surface area (Å²) in [6.45, 7) is 6.11. The standard InChI is InChI=1S/C15H23NO3/c1-12-6-4-7-13(10-12)19-9-5-8-14(17)16-11-15(2,3)18/h4,6-7,10,18H,5,8-9,11H2,1-3H3,(H,16,17). The minimum absolute atomic E-state index is 0.0602. The molecule has 0 radical (unpaired) electrons. The lowest BCUT2D eigenvalue weighted by atomic mass is 10.1. The molecular formula is C15H23NO3. The van der Waals surface area contributed by atoms with Crippen LogP contribution in [0.4, 0.5) is 0 Å². The van der Waals surface area contributed by atoms with Gasteiger partial charge in [-0.3, -0.25) is 4.79 Å². The third-order valence-electron chi connectivity index (χ3n) is 2.52. The average molecular weight is 265 g/mol. The topological polar surface area (TPSA) is 58.6 Å². The zero-order valence-electron chi connectivity index (χ0n) is 11.9. The molecular weight excluding hydrogens is 242 g/mol. The predicted octanol–water partition coefficient (Wildman–Crippen LogP) is 2.04. The molecule has 4 heteroatoms. The van der Waals surface area contributed by atoms with E-state index in [1.807, 2.05) is 31.2 Å². The molecule has 1 aromatic rings. The fraction of sp³-hybridized carbons (Fsp3) is 0.533. The normalized spacial score (nSPS) is 11.2. The molecule has 1 amide bonds. The molecule has 0 saturated carbocycles. The maximum atomic E-state index is 11.5. The first-order chi connectivity index (χ1) is 8.87. The van der Waals surface area contributed by atoms with Gasteiger partial charge in [-0.05, 0) is 44.9 Å². The van der Waals surface area contributed by atoms with E-state index in [1.165, 1.54) is 0 Å². The molecule has 0 bridgehead atoms. The Labute approximate surface area is 114 Å². The van der Waals surface area contributed by atoms with Crippen LogP contribution in [-0.4, -0.2) is 29.8 Å². The van der Waals surface area contributed by atoms with Gasteiger partial charge in [-0.1, -0.05) is 12.1 Å². The maximum absolute atomic E-state index is 11.5. The molecule has 0 aliphatic rings. The van der Waals surface area contributed by atoms with Gasteiger partial charge in [0.2, 0.25) is 5.91 Å². The summed E-state index contributed by atoms with van der Waals surface area (Å²) in [6, 6.07) is 7.83. The van der Waals surface area contributed by atoms with Crippen molar-refractivity contribution in [1.82, 2.24) is 5.32 Å². The number of carbonyl (C=O) groups excluding carboxylic acids is 1. The molecule has 0 aromatic heterocycles. The molecule has 0 spiro atoms. The van der Waals surface area contributed by atoms with Crippen molar-refractivity contribution in [1.29, 1.82) is 0 Å². The maximum Gasteiger partial charge on any atom is 0.220 e. The van der Waals surface area contributed by atoms with Crippen molar-refractivity contribution in [3.05, 3.63) is 29.8 Å². The summed E-state index contributed by atoms with van der Waals surface area (Å²) in [4.78, 5) is 11.5. The Morgan fingerprint density at radius 2 is 2.16 bits per heavy atom. The molecule has 0 unspecified atom stereocenters. The molecule has 0 aliphatic heterocycles. The smallest absolute Gasteiger partial charge is 0.220 e. The number of hydrogen-bond donors (Lipinski definition) is 2. The number of hydrogen-bond acceptors (Lipinski definition) is 3. The molecule has 0 fully saturated rings. The zero-order chi connectivity index (χ0) is 14.3. The van der Waals surface area contributed by atoms with Crippen molar-refractivity contribution >= 4 is 5.91 Å². The number of benzene rings is 1. The van der Waals surface area contributed by atoms with Crippen molar-refractivity contribution in [2.24, 2.45) is 0 Å². The van der Waals surface area contributed by atoms with Crippen LogP contribution in [0.3, 0.4) is 0 Å². The minimum Gasteiger partial charge on any atom is -0.494 e. The molecule has 2 N–H and O–H groups in total. The quantitative estimate of drug-likeness (QED) is 0.742. The van der Waals surface area contributed by atoms with Crippen LogP contribution < -0.4 is 10.1 Å². The summed E-state index contributed by atoms with van der Waals surface area (Å²) in [5.41, 5.74) is 0.286.